The molecule has 87 heavy (non-hydrogen) atoms. The first-order chi connectivity index (χ1) is 41.5. The van der Waals surface area contributed by atoms with Crippen LogP contribution in [0.2, 0.25) is 18.1 Å². The Labute approximate surface area is 508 Å². The molecule has 4 aromatic carbocycles. The zero-order valence-electron chi connectivity index (χ0n) is 49.1. The summed E-state index contributed by atoms with van der Waals surface area (Å²) in [7, 11) is -2.91. The van der Waals surface area contributed by atoms with Gasteiger partial charge in [0.05, 0.1) is 45.3 Å². The fraction of sp³-hybridized carbons (Fsp3) is 0.373. The summed E-state index contributed by atoms with van der Waals surface area (Å²) >= 11 is 5.95. The number of benzene rings is 4. The van der Waals surface area contributed by atoms with E-state index in [1.807, 2.05) is 84.9 Å². The van der Waals surface area contributed by atoms with Crippen LogP contribution in [0.4, 0.5) is 11.8 Å². The lowest BCUT2D eigenvalue weighted by Gasteiger charge is -2.41. The number of fused-ring (bicyclic) bond motifs is 2. The van der Waals surface area contributed by atoms with Crippen LogP contribution in [0.25, 0.3) is 22.2 Å². The molecule has 6 heterocycles. The highest BCUT2D eigenvalue weighted by Crippen LogP contribution is 2.53. The van der Waals surface area contributed by atoms with Crippen LogP contribution in [-0.4, -0.2) is 122 Å². The highest BCUT2D eigenvalue weighted by molar-refractivity contribution is 8.07. The third kappa shape index (κ3) is 13.5. The predicted octanol–water partition coefficient (Wildman–Crippen LogP) is 9.67. The number of carbonyl (C=O) groups excluding carboxylic acids is 2. The molecule has 9 atom stereocenters. The number of ether oxygens (including phenoxy) is 5. The van der Waals surface area contributed by atoms with Crippen molar-refractivity contribution in [1.82, 2.24) is 34.1 Å². The van der Waals surface area contributed by atoms with Crippen molar-refractivity contribution in [2.24, 2.45) is 5.92 Å². The number of aromatic amines is 1. The number of anilines is 2. The van der Waals surface area contributed by atoms with Crippen LogP contribution >= 0.6 is 15.0 Å². The molecular weight excluding hydrogens is 1200 g/mol. The van der Waals surface area contributed by atoms with Crippen molar-refractivity contribution < 1.29 is 65.6 Å². The predicted molar refractivity (Wildman–Crippen MR) is 328 cm³/mol. The maximum Gasteiger partial charge on any atom is 0.695 e. The van der Waals surface area contributed by atoms with Crippen molar-refractivity contribution in [2.75, 3.05) is 38.1 Å². The lowest BCUT2D eigenvalue weighted by Crippen LogP contribution is -2.49. The first-order valence-corrected chi connectivity index (χ1v) is 34.5. The molecule has 28 heteroatoms. The van der Waals surface area contributed by atoms with Crippen molar-refractivity contribution in [3.63, 3.8) is 0 Å². The molecule has 0 bridgehead atoms. The number of nitrogens with zero attached hydrogens (tertiary/aromatic N) is 6. The summed E-state index contributed by atoms with van der Waals surface area (Å²) in [6.45, 7) is 8.61. The summed E-state index contributed by atoms with van der Waals surface area (Å²) in [6.07, 6.45) is -3.64. The average Bonchev–Trinajstić information content (AvgIpc) is 1.85. The standard InChI is InChI=1S/C59H67N9O15P2SSi/c1-35(2)52(69)65-57-64-51-46(54(71)66-57)62-34-68(51)55-44(81-84(72)73)30-42(79-55)31-78-85(74,86)82-47-45(32-77-59(37-18-14-11-15-19-37,38-20-24-40(75-6)25-21-38)39-22-26-41(76-7)27-23-39)80-56(48(47)83-87(8,9)58(3,4)5)67-29-28-43-49(60-33-61-50(43)67)63-53(70)36-16-12-10-13-17-36/h10-29,33-35,42,44-45,47-48,55-56H,30-32H2,1-9H3,(H4-,60,61,63,64,65,66,69,70,71,72,73,74,86)/p+1/t42-,44?,45+,47-,48?,55+,56+,85?/m0/s1. The minimum Gasteiger partial charge on any atom is -0.497 e. The van der Waals surface area contributed by atoms with Crippen LogP contribution in [0, 0.1) is 5.92 Å². The third-order valence-corrected chi connectivity index (χ3v) is 22.2. The van der Waals surface area contributed by atoms with E-state index in [2.05, 4.69) is 64.4 Å². The first-order valence-electron chi connectivity index (χ1n) is 27.9. The summed E-state index contributed by atoms with van der Waals surface area (Å²) in [5.74, 6) is 0.0820. The molecule has 2 saturated heterocycles. The minimum atomic E-state index is -4.46. The van der Waals surface area contributed by atoms with Gasteiger partial charge in [0.2, 0.25) is 11.9 Å². The number of amides is 2. The van der Waals surface area contributed by atoms with E-state index in [1.54, 1.807) is 69.2 Å². The van der Waals surface area contributed by atoms with Crippen LogP contribution in [0.15, 0.2) is 139 Å². The van der Waals surface area contributed by atoms with Gasteiger partial charge in [-0.3, -0.25) is 33.8 Å². The van der Waals surface area contributed by atoms with Gasteiger partial charge in [-0.1, -0.05) is 107 Å². The smallest absolute Gasteiger partial charge is 0.497 e. The summed E-state index contributed by atoms with van der Waals surface area (Å²) in [6, 6.07) is 35.3. The van der Waals surface area contributed by atoms with E-state index in [4.69, 9.17) is 58.5 Å². The van der Waals surface area contributed by atoms with Crippen molar-refractivity contribution in [3.8, 4) is 11.5 Å². The van der Waals surface area contributed by atoms with Gasteiger partial charge in [-0.2, -0.15) is 4.98 Å². The summed E-state index contributed by atoms with van der Waals surface area (Å²) in [5.41, 5.74) is 0.829. The molecule has 4 unspecified atom stereocenters. The summed E-state index contributed by atoms with van der Waals surface area (Å²) < 4.78 is 73.8. The Bertz CT molecular complexity index is 3830. The zero-order chi connectivity index (χ0) is 62.0. The third-order valence-electron chi connectivity index (χ3n) is 15.7. The molecule has 10 rings (SSSR count). The van der Waals surface area contributed by atoms with Crippen LogP contribution in [0.5, 0.6) is 11.5 Å². The molecule has 2 aliphatic heterocycles. The van der Waals surface area contributed by atoms with Gasteiger partial charge in [-0.15, -0.1) is 9.42 Å². The molecule has 5 N–H and O–H groups in total. The normalized spacial score (nSPS) is 20.8. The van der Waals surface area contributed by atoms with E-state index < -0.39 is 101 Å². The van der Waals surface area contributed by atoms with Crippen molar-refractivity contribution in [3.05, 3.63) is 167 Å². The molecule has 24 nitrogen and oxygen atoms in total. The van der Waals surface area contributed by atoms with E-state index >= 15 is 0 Å². The molecule has 4 aromatic heterocycles. The van der Waals surface area contributed by atoms with Gasteiger partial charge in [0.15, 0.2) is 38.0 Å². The van der Waals surface area contributed by atoms with Gasteiger partial charge in [0.25, 0.3) is 11.5 Å². The molecule has 458 valence electrons. The number of rotatable bonds is 23. The molecule has 0 spiro atoms. The fourth-order valence-electron chi connectivity index (χ4n) is 10.2. The van der Waals surface area contributed by atoms with Crippen molar-refractivity contribution >= 4 is 80.9 Å². The molecule has 0 saturated carbocycles. The van der Waals surface area contributed by atoms with Gasteiger partial charge in [-0.25, -0.2) is 15.0 Å². The Kier molecular flexibility index (Phi) is 18.8. The number of imidazole rings is 1. The topological polar surface area (TPSA) is 293 Å². The number of hydrogen-bond acceptors (Lipinski definition) is 18. The number of carbonyl (C=O) groups is 2. The van der Waals surface area contributed by atoms with Gasteiger partial charge >= 0.3 is 15.0 Å². The summed E-state index contributed by atoms with van der Waals surface area (Å²) in [4.78, 5) is 82.4. The Balaban J connectivity index is 1.03. The second kappa shape index (κ2) is 26.0. The van der Waals surface area contributed by atoms with Gasteiger partial charge in [0.1, 0.15) is 53.2 Å². The van der Waals surface area contributed by atoms with Crippen LogP contribution in [0.1, 0.15) is 80.5 Å². The maximum absolute atomic E-state index is 13.6. The molecule has 0 aliphatic carbocycles. The second-order valence-electron chi connectivity index (χ2n) is 22.7. The number of hydrogen-bond donors (Lipinski definition) is 5. The average molecular weight is 1270 g/mol. The van der Waals surface area contributed by atoms with E-state index in [0.717, 1.165) is 16.7 Å². The highest BCUT2D eigenvalue weighted by Gasteiger charge is 2.55. The van der Waals surface area contributed by atoms with Crippen LogP contribution < -0.4 is 25.7 Å². The van der Waals surface area contributed by atoms with E-state index in [1.165, 1.54) is 17.2 Å². The Morgan fingerprint density at radius 1 is 0.828 bits per heavy atom. The number of nitrogens with one attached hydrogen (secondary N) is 3. The first kappa shape index (κ1) is 63.0. The SMILES string of the molecule is COc1ccc(C(OC[C@H]2O[C@@H](n3ccc4c(NC(=O)c5ccccc5)ncnc43)C(O[Si](C)(C)C(C)(C)C)[C@H]2OP(O)(=S)OC[C@@H]2CC(O[P+](=O)O)[C@H](n3cnc4c(=O)[nH]c(NC(=O)C(C)C)nc43)O2)(c2ccccc2)c2ccc(OC)cc2)cc1. The molecule has 2 fully saturated rings. The van der Waals surface area contributed by atoms with E-state index in [0.29, 0.717) is 28.1 Å². The minimum absolute atomic E-state index is 0.0241. The molecule has 0 radical (unpaired) electrons. The van der Waals surface area contributed by atoms with E-state index in [-0.39, 0.29) is 41.9 Å². The quantitative estimate of drug-likeness (QED) is 0.0226. The summed E-state index contributed by atoms with van der Waals surface area (Å²) in [5, 5.41) is 5.60. The van der Waals surface area contributed by atoms with E-state index in [9.17, 15) is 28.7 Å². The monoisotopic (exact) mass is 1260 g/mol. The van der Waals surface area contributed by atoms with Crippen molar-refractivity contribution in [1.29, 1.82) is 0 Å². The fourth-order valence-corrected chi connectivity index (χ4v) is 13.4. The van der Waals surface area contributed by atoms with Gasteiger partial charge in [-0.05, 0) is 89.1 Å². The Morgan fingerprint density at radius 3 is 2.07 bits per heavy atom. The Morgan fingerprint density at radius 2 is 1.46 bits per heavy atom. The van der Waals surface area contributed by atoms with Gasteiger partial charge < -0.3 is 47.4 Å². The Hall–Kier alpha value is -7.00. The van der Waals surface area contributed by atoms with Crippen LogP contribution in [0.3, 0.4) is 0 Å². The number of methoxy groups -OCH3 is 2. The zero-order valence-corrected chi connectivity index (χ0v) is 52.7. The second-order valence-corrected chi connectivity index (χ2v) is 30.9. The van der Waals surface area contributed by atoms with Gasteiger partial charge in [0, 0.05) is 28.7 Å². The lowest BCUT2D eigenvalue weighted by atomic mass is 9.80. The van der Waals surface area contributed by atoms with Crippen LogP contribution in [-0.2, 0) is 59.0 Å². The number of H-pyrrole nitrogens is 1. The maximum atomic E-state index is 13.6. The number of aromatic nitrogens is 7. The molecule has 2 amide bonds. The molecule has 2 aliphatic rings. The highest BCUT2D eigenvalue weighted by atomic mass is 32.5. The largest absolute Gasteiger partial charge is 0.695 e. The van der Waals surface area contributed by atoms with Crippen molar-refractivity contribution in [2.45, 2.75) is 108 Å². The lowest BCUT2D eigenvalue weighted by molar-refractivity contribution is -0.118. The molecular formula is C59H68N9O15P2SSi+. The molecule has 8 aromatic rings.